The SMILES string of the molecule is CC(C)NC(=O)C(C)n1cc(CC(N)C(=O)O)nn1. The van der Waals surface area contributed by atoms with E-state index in [0.29, 0.717) is 5.69 Å². The molecule has 8 nitrogen and oxygen atoms in total. The van der Waals surface area contributed by atoms with Gasteiger partial charge in [0.15, 0.2) is 0 Å². The Bertz CT molecular complexity index is 457. The van der Waals surface area contributed by atoms with Crippen LogP contribution in [0.2, 0.25) is 0 Å². The van der Waals surface area contributed by atoms with Crippen LogP contribution in [-0.4, -0.2) is 44.1 Å². The molecule has 0 spiro atoms. The molecule has 8 heteroatoms. The van der Waals surface area contributed by atoms with E-state index in [1.165, 1.54) is 10.9 Å². The maximum absolute atomic E-state index is 11.8. The summed E-state index contributed by atoms with van der Waals surface area (Å²) in [5.41, 5.74) is 5.85. The number of carbonyl (C=O) groups is 2. The molecule has 0 aromatic carbocycles. The van der Waals surface area contributed by atoms with Gasteiger partial charge in [-0.05, 0) is 20.8 Å². The van der Waals surface area contributed by atoms with Gasteiger partial charge in [0.1, 0.15) is 12.1 Å². The molecule has 2 unspecified atom stereocenters. The Kier molecular flexibility index (Phi) is 4.99. The number of nitrogens with two attached hydrogens (primary N) is 1. The van der Waals surface area contributed by atoms with E-state index in [2.05, 4.69) is 15.6 Å². The molecule has 1 aromatic heterocycles. The van der Waals surface area contributed by atoms with E-state index in [-0.39, 0.29) is 18.4 Å². The second kappa shape index (κ2) is 6.28. The van der Waals surface area contributed by atoms with Gasteiger partial charge in [0.05, 0.1) is 5.69 Å². The third-order valence-corrected chi connectivity index (χ3v) is 2.51. The second-order valence-electron chi connectivity index (χ2n) is 4.68. The van der Waals surface area contributed by atoms with Crippen molar-refractivity contribution in [1.29, 1.82) is 0 Å². The van der Waals surface area contributed by atoms with Crippen LogP contribution in [-0.2, 0) is 16.0 Å². The average Bonchev–Trinajstić information content (AvgIpc) is 2.75. The number of amides is 1. The van der Waals surface area contributed by atoms with Crippen molar-refractivity contribution in [3.05, 3.63) is 11.9 Å². The Morgan fingerprint density at radius 2 is 2.11 bits per heavy atom. The molecule has 4 N–H and O–H groups in total. The Balaban J connectivity index is 2.68. The van der Waals surface area contributed by atoms with Crippen LogP contribution in [0.1, 0.15) is 32.5 Å². The van der Waals surface area contributed by atoms with Gasteiger partial charge in [0, 0.05) is 18.7 Å². The molecule has 0 radical (unpaired) electrons. The van der Waals surface area contributed by atoms with Crippen molar-refractivity contribution in [3.63, 3.8) is 0 Å². The lowest BCUT2D eigenvalue weighted by molar-refractivity contribution is -0.138. The summed E-state index contributed by atoms with van der Waals surface area (Å²) in [5.74, 6) is -1.27. The van der Waals surface area contributed by atoms with Crippen molar-refractivity contribution in [2.45, 2.75) is 45.3 Å². The van der Waals surface area contributed by atoms with Gasteiger partial charge in [-0.3, -0.25) is 9.59 Å². The summed E-state index contributed by atoms with van der Waals surface area (Å²) >= 11 is 0. The Labute approximate surface area is 111 Å². The molecule has 0 saturated heterocycles. The van der Waals surface area contributed by atoms with E-state index in [9.17, 15) is 9.59 Å². The predicted molar refractivity (Wildman–Crippen MR) is 67.3 cm³/mol. The van der Waals surface area contributed by atoms with Crippen LogP contribution < -0.4 is 11.1 Å². The highest BCUT2D eigenvalue weighted by atomic mass is 16.4. The number of aliphatic carboxylic acids is 1. The van der Waals surface area contributed by atoms with E-state index < -0.39 is 18.1 Å². The van der Waals surface area contributed by atoms with Crippen molar-refractivity contribution in [2.75, 3.05) is 0 Å². The highest BCUT2D eigenvalue weighted by Crippen LogP contribution is 2.06. The lowest BCUT2D eigenvalue weighted by Crippen LogP contribution is -2.35. The van der Waals surface area contributed by atoms with Crippen molar-refractivity contribution < 1.29 is 14.7 Å². The summed E-state index contributed by atoms with van der Waals surface area (Å²) in [6.45, 7) is 5.42. The quantitative estimate of drug-likeness (QED) is 0.628. The third kappa shape index (κ3) is 4.32. The number of nitrogens with zero attached hydrogens (tertiary/aromatic N) is 3. The summed E-state index contributed by atoms with van der Waals surface area (Å²) < 4.78 is 1.39. The normalized spacial score (nSPS) is 14.2. The fourth-order valence-corrected chi connectivity index (χ4v) is 1.43. The van der Waals surface area contributed by atoms with Crippen molar-refractivity contribution >= 4 is 11.9 Å². The summed E-state index contributed by atoms with van der Waals surface area (Å²) in [7, 11) is 0. The molecular formula is C11H19N5O3. The number of carbonyl (C=O) groups excluding carboxylic acids is 1. The van der Waals surface area contributed by atoms with E-state index in [1.807, 2.05) is 13.8 Å². The first-order valence-electron chi connectivity index (χ1n) is 6.00. The number of hydrogen-bond acceptors (Lipinski definition) is 5. The van der Waals surface area contributed by atoms with Gasteiger partial charge in [0.2, 0.25) is 5.91 Å². The minimum Gasteiger partial charge on any atom is -0.480 e. The molecule has 0 bridgehead atoms. The van der Waals surface area contributed by atoms with Gasteiger partial charge in [-0.2, -0.15) is 0 Å². The molecule has 1 amide bonds. The summed E-state index contributed by atoms with van der Waals surface area (Å²) in [6.07, 6.45) is 1.61. The number of rotatable bonds is 6. The monoisotopic (exact) mass is 269 g/mol. The number of hydrogen-bond donors (Lipinski definition) is 3. The predicted octanol–water partition coefficient (Wildman–Crippen LogP) is -0.682. The Hall–Kier alpha value is -1.96. The van der Waals surface area contributed by atoms with Crippen LogP contribution in [0.4, 0.5) is 0 Å². The molecule has 0 aliphatic carbocycles. The molecule has 1 aromatic rings. The van der Waals surface area contributed by atoms with E-state index >= 15 is 0 Å². The number of carboxylic acid groups (broad SMARTS) is 1. The molecule has 1 heterocycles. The van der Waals surface area contributed by atoms with E-state index in [0.717, 1.165) is 0 Å². The smallest absolute Gasteiger partial charge is 0.320 e. The average molecular weight is 269 g/mol. The minimum atomic E-state index is -1.10. The van der Waals surface area contributed by atoms with Crippen LogP contribution >= 0.6 is 0 Å². The number of aromatic nitrogens is 3. The van der Waals surface area contributed by atoms with E-state index in [1.54, 1.807) is 6.92 Å². The molecule has 0 aliphatic rings. The van der Waals surface area contributed by atoms with Crippen LogP contribution in [0, 0.1) is 0 Å². The lowest BCUT2D eigenvalue weighted by Gasteiger charge is -2.14. The summed E-state index contributed by atoms with van der Waals surface area (Å²) in [6, 6.07) is -1.49. The maximum Gasteiger partial charge on any atom is 0.320 e. The second-order valence-corrected chi connectivity index (χ2v) is 4.68. The fraction of sp³-hybridized carbons (Fsp3) is 0.636. The fourth-order valence-electron chi connectivity index (χ4n) is 1.43. The van der Waals surface area contributed by atoms with Gasteiger partial charge in [-0.15, -0.1) is 5.10 Å². The van der Waals surface area contributed by atoms with Crippen molar-refractivity contribution in [2.24, 2.45) is 5.73 Å². The van der Waals surface area contributed by atoms with Crippen molar-refractivity contribution in [1.82, 2.24) is 20.3 Å². The number of carboxylic acids is 1. The largest absolute Gasteiger partial charge is 0.480 e. The van der Waals surface area contributed by atoms with Crippen molar-refractivity contribution in [3.8, 4) is 0 Å². The first kappa shape index (κ1) is 15.1. The van der Waals surface area contributed by atoms with Gasteiger partial charge in [-0.1, -0.05) is 5.21 Å². The van der Waals surface area contributed by atoms with Gasteiger partial charge in [0.25, 0.3) is 0 Å². The van der Waals surface area contributed by atoms with Gasteiger partial charge >= 0.3 is 5.97 Å². The highest BCUT2D eigenvalue weighted by Gasteiger charge is 2.19. The Morgan fingerprint density at radius 1 is 1.47 bits per heavy atom. The maximum atomic E-state index is 11.8. The molecule has 0 saturated carbocycles. The molecule has 0 fully saturated rings. The molecule has 19 heavy (non-hydrogen) atoms. The first-order valence-corrected chi connectivity index (χ1v) is 6.00. The zero-order chi connectivity index (χ0) is 14.6. The number of nitrogens with one attached hydrogen (secondary N) is 1. The lowest BCUT2D eigenvalue weighted by atomic mass is 10.2. The summed E-state index contributed by atoms with van der Waals surface area (Å²) in [5, 5.41) is 19.1. The van der Waals surface area contributed by atoms with Crippen LogP contribution in [0.25, 0.3) is 0 Å². The molecule has 106 valence electrons. The third-order valence-electron chi connectivity index (χ3n) is 2.51. The van der Waals surface area contributed by atoms with Crippen LogP contribution in [0.15, 0.2) is 6.20 Å². The molecule has 0 aliphatic heterocycles. The topological polar surface area (TPSA) is 123 Å². The zero-order valence-corrected chi connectivity index (χ0v) is 11.2. The Morgan fingerprint density at radius 3 is 2.63 bits per heavy atom. The van der Waals surface area contributed by atoms with Gasteiger partial charge < -0.3 is 16.2 Å². The van der Waals surface area contributed by atoms with Crippen LogP contribution in [0.5, 0.6) is 0 Å². The van der Waals surface area contributed by atoms with Crippen LogP contribution in [0.3, 0.4) is 0 Å². The summed E-state index contributed by atoms with van der Waals surface area (Å²) in [4.78, 5) is 22.4. The zero-order valence-electron chi connectivity index (χ0n) is 11.2. The molecular weight excluding hydrogens is 250 g/mol. The first-order chi connectivity index (χ1) is 8.81. The highest BCUT2D eigenvalue weighted by molar-refractivity contribution is 5.80. The molecule has 1 rings (SSSR count). The van der Waals surface area contributed by atoms with E-state index in [4.69, 9.17) is 10.8 Å². The van der Waals surface area contributed by atoms with Gasteiger partial charge in [-0.25, -0.2) is 4.68 Å². The molecule has 2 atom stereocenters. The minimum absolute atomic E-state index is 0.0402. The standard InChI is InChI=1S/C11H19N5O3/c1-6(2)13-10(17)7(3)16-5-8(14-15-16)4-9(12)11(18)19/h5-7,9H,4,12H2,1-3H3,(H,13,17)(H,18,19).